The highest BCUT2D eigenvalue weighted by molar-refractivity contribution is 7.02. The van der Waals surface area contributed by atoms with Crippen molar-refractivity contribution in [2.75, 3.05) is 13.2 Å². The predicted octanol–water partition coefficient (Wildman–Crippen LogP) is 0.420. The summed E-state index contributed by atoms with van der Waals surface area (Å²) in [4.78, 5) is 30.8. The molecule has 0 aliphatic heterocycles. The Hall–Kier alpha value is -2.36. The largest absolute Gasteiger partial charge is 0.461 e. The van der Waals surface area contributed by atoms with Crippen molar-refractivity contribution in [3.8, 4) is 0 Å². The van der Waals surface area contributed by atoms with Gasteiger partial charge in [-0.1, -0.05) is 4.49 Å². The molecule has 0 unspecified atom stereocenters. The second-order valence-corrected chi connectivity index (χ2v) is 4.08. The summed E-state index contributed by atoms with van der Waals surface area (Å²) in [5.74, 6) is -0.609. The fourth-order valence-corrected chi connectivity index (χ4v) is 1.90. The van der Waals surface area contributed by atoms with Gasteiger partial charge in [0.2, 0.25) is 4.80 Å². The fourth-order valence-electron chi connectivity index (χ4n) is 1.37. The molecule has 2 heterocycles. The van der Waals surface area contributed by atoms with Crippen LogP contribution in [0.25, 0.3) is 5.65 Å². The molecule has 2 aromatic heterocycles. The van der Waals surface area contributed by atoms with E-state index in [4.69, 9.17) is 9.47 Å². The van der Waals surface area contributed by atoms with Gasteiger partial charge in [-0.25, -0.2) is 14.6 Å². The van der Waals surface area contributed by atoms with Crippen molar-refractivity contribution >= 4 is 29.2 Å². The van der Waals surface area contributed by atoms with Crippen LogP contribution in [0.4, 0.5) is 4.79 Å². The summed E-state index contributed by atoms with van der Waals surface area (Å²) in [7, 11) is 0. The molecule has 0 fully saturated rings. The Kier molecular flexibility index (Phi) is 4.35. The Labute approximate surface area is 117 Å². The number of carbonyl (C=O) groups excluding carboxylic acids is 2. The van der Waals surface area contributed by atoms with Crippen LogP contribution in [0.5, 0.6) is 0 Å². The van der Waals surface area contributed by atoms with Crippen LogP contribution in [0.1, 0.15) is 24.3 Å². The van der Waals surface area contributed by atoms with E-state index < -0.39 is 12.1 Å². The minimum atomic E-state index is -0.746. The molecule has 0 saturated carbocycles. The number of nitrogens with zero attached hydrogens (tertiary/aromatic N) is 5. The maximum absolute atomic E-state index is 11.7. The summed E-state index contributed by atoms with van der Waals surface area (Å²) in [5, 5.41) is 3.81. The molecule has 0 N–H and O–H groups in total. The zero-order valence-corrected chi connectivity index (χ0v) is 11.6. The highest BCUT2D eigenvalue weighted by Gasteiger charge is 2.17. The molecule has 0 atom stereocenters. The van der Waals surface area contributed by atoms with E-state index in [2.05, 4.69) is 19.6 Å². The Balaban J connectivity index is 2.50. The molecule has 106 valence electrons. The predicted molar refractivity (Wildman–Crippen MR) is 67.2 cm³/mol. The van der Waals surface area contributed by atoms with Gasteiger partial charge in [0.1, 0.15) is 6.33 Å². The molecule has 0 aliphatic carbocycles. The zero-order chi connectivity index (χ0) is 14.5. The van der Waals surface area contributed by atoms with Gasteiger partial charge in [-0.15, -0.1) is 10.1 Å². The Bertz CT molecular complexity index is 707. The smallest absolute Gasteiger partial charge is 0.436 e. The van der Waals surface area contributed by atoms with E-state index in [1.165, 1.54) is 10.7 Å². The number of carbonyl (C=O) groups is 2. The van der Waals surface area contributed by atoms with Crippen LogP contribution < -0.4 is 4.80 Å². The highest BCUT2D eigenvalue weighted by atomic mass is 32.1. The summed E-state index contributed by atoms with van der Waals surface area (Å²) in [6.07, 6.45) is 0.578. The van der Waals surface area contributed by atoms with E-state index in [0.717, 1.165) is 11.5 Å². The van der Waals surface area contributed by atoms with Gasteiger partial charge in [0.15, 0.2) is 11.3 Å². The number of amides is 1. The van der Waals surface area contributed by atoms with Crippen LogP contribution in [-0.4, -0.2) is 44.2 Å². The molecule has 0 spiro atoms. The lowest BCUT2D eigenvalue weighted by Gasteiger charge is -1.97. The van der Waals surface area contributed by atoms with Gasteiger partial charge >= 0.3 is 12.1 Å². The second kappa shape index (κ2) is 6.19. The molecule has 0 saturated heterocycles. The third-order valence-electron chi connectivity index (χ3n) is 2.13. The molecule has 20 heavy (non-hydrogen) atoms. The first-order chi connectivity index (χ1) is 9.67. The molecular formula is C10H11N5O4S. The van der Waals surface area contributed by atoms with Gasteiger partial charge in [-0.2, -0.15) is 0 Å². The standard InChI is InChI=1S/C10H11N5O4S/c1-3-18-8(16)6-7-13-14-20-9(15(7)5-11-6)12-10(17)19-4-2/h5H,3-4H2,1-2H3/b12-9+. The van der Waals surface area contributed by atoms with Crippen LogP contribution in [0, 0.1) is 0 Å². The van der Waals surface area contributed by atoms with Crippen molar-refractivity contribution in [3.05, 3.63) is 16.8 Å². The van der Waals surface area contributed by atoms with Crippen molar-refractivity contribution in [2.45, 2.75) is 13.8 Å². The number of ether oxygens (including phenoxy) is 2. The van der Waals surface area contributed by atoms with Gasteiger partial charge in [-0.3, -0.25) is 4.40 Å². The molecule has 0 aromatic carbocycles. The van der Waals surface area contributed by atoms with Crippen LogP contribution in [0.15, 0.2) is 11.3 Å². The molecular weight excluding hydrogens is 286 g/mol. The van der Waals surface area contributed by atoms with Gasteiger partial charge in [0.05, 0.1) is 13.2 Å². The monoisotopic (exact) mass is 297 g/mol. The average molecular weight is 297 g/mol. The first kappa shape index (κ1) is 14.1. The van der Waals surface area contributed by atoms with Crippen LogP contribution in [0.2, 0.25) is 0 Å². The summed E-state index contributed by atoms with van der Waals surface area (Å²) in [5.41, 5.74) is 0.192. The molecule has 0 radical (unpaired) electrons. The normalized spacial score (nSPS) is 11.6. The van der Waals surface area contributed by atoms with Gasteiger partial charge in [0.25, 0.3) is 0 Å². The molecule has 10 heteroatoms. The summed E-state index contributed by atoms with van der Waals surface area (Å²) in [6, 6.07) is 0. The number of fused-ring (bicyclic) bond motifs is 1. The first-order valence-electron chi connectivity index (χ1n) is 5.75. The Morgan fingerprint density at radius 3 is 2.80 bits per heavy atom. The van der Waals surface area contributed by atoms with Crippen molar-refractivity contribution in [3.63, 3.8) is 0 Å². The number of hydrogen-bond donors (Lipinski definition) is 0. The fraction of sp³-hybridized carbons (Fsp3) is 0.400. The zero-order valence-electron chi connectivity index (χ0n) is 10.8. The van der Waals surface area contributed by atoms with Crippen molar-refractivity contribution in [1.29, 1.82) is 0 Å². The lowest BCUT2D eigenvalue weighted by Crippen LogP contribution is -2.16. The van der Waals surface area contributed by atoms with E-state index in [1.54, 1.807) is 13.8 Å². The van der Waals surface area contributed by atoms with E-state index >= 15 is 0 Å². The maximum atomic E-state index is 11.7. The van der Waals surface area contributed by atoms with Crippen LogP contribution in [0.3, 0.4) is 0 Å². The van der Waals surface area contributed by atoms with Gasteiger partial charge in [0, 0.05) is 11.5 Å². The van der Waals surface area contributed by atoms with E-state index in [1.807, 2.05) is 0 Å². The van der Waals surface area contributed by atoms with Gasteiger partial charge < -0.3 is 9.47 Å². The minimum Gasteiger partial charge on any atom is -0.461 e. The number of hydrogen-bond acceptors (Lipinski definition) is 8. The third-order valence-corrected chi connectivity index (χ3v) is 2.74. The maximum Gasteiger partial charge on any atom is 0.436 e. The molecule has 1 amide bonds. The van der Waals surface area contributed by atoms with E-state index in [-0.39, 0.29) is 29.4 Å². The quantitative estimate of drug-likeness (QED) is 0.755. The molecule has 2 aromatic rings. The van der Waals surface area contributed by atoms with Crippen LogP contribution >= 0.6 is 11.5 Å². The first-order valence-corrected chi connectivity index (χ1v) is 6.53. The Morgan fingerprint density at radius 2 is 2.10 bits per heavy atom. The Morgan fingerprint density at radius 1 is 1.35 bits per heavy atom. The van der Waals surface area contributed by atoms with E-state index in [9.17, 15) is 9.59 Å². The van der Waals surface area contributed by atoms with Crippen LogP contribution in [-0.2, 0) is 9.47 Å². The summed E-state index contributed by atoms with van der Waals surface area (Å²) < 4.78 is 14.7. The van der Waals surface area contributed by atoms with Crippen molar-refractivity contribution < 1.29 is 19.1 Å². The number of esters is 1. The lowest BCUT2D eigenvalue weighted by molar-refractivity contribution is 0.0522. The minimum absolute atomic E-state index is 0.0208. The second-order valence-electron chi connectivity index (χ2n) is 3.37. The van der Waals surface area contributed by atoms with Gasteiger partial charge in [-0.05, 0) is 13.8 Å². The topological polar surface area (TPSA) is 108 Å². The number of imidazole rings is 1. The highest BCUT2D eigenvalue weighted by Crippen LogP contribution is 2.05. The number of aromatic nitrogens is 4. The lowest BCUT2D eigenvalue weighted by atomic mass is 10.4. The molecule has 0 aliphatic rings. The summed E-state index contributed by atoms with van der Waals surface area (Å²) >= 11 is 0.877. The molecule has 0 bridgehead atoms. The van der Waals surface area contributed by atoms with Crippen molar-refractivity contribution in [2.24, 2.45) is 4.99 Å². The van der Waals surface area contributed by atoms with Crippen molar-refractivity contribution in [1.82, 2.24) is 19.0 Å². The number of rotatable bonds is 3. The SMILES string of the molecule is CCOC(=O)/N=c1/snnc2c(C(=O)OCC)ncn12. The van der Waals surface area contributed by atoms with E-state index in [0.29, 0.717) is 0 Å². The molecule has 2 rings (SSSR count). The average Bonchev–Trinajstić information content (AvgIpc) is 2.84. The molecule has 9 nitrogen and oxygen atoms in total. The third kappa shape index (κ3) is 2.79. The summed E-state index contributed by atoms with van der Waals surface area (Å²) in [6.45, 7) is 3.80.